The Morgan fingerprint density at radius 1 is 1.40 bits per heavy atom. The van der Waals surface area contributed by atoms with E-state index in [9.17, 15) is 13.2 Å². The summed E-state index contributed by atoms with van der Waals surface area (Å²) in [6.07, 6.45) is 1.36. The summed E-state index contributed by atoms with van der Waals surface area (Å²) in [6, 6.07) is 7.62. The van der Waals surface area contributed by atoms with Crippen LogP contribution in [0.1, 0.15) is 5.56 Å². The van der Waals surface area contributed by atoms with E-state index in [2.05, 4.69) is 9.82 Å². The molecule has 0 unspecified atom stereocenters. The molecule has 20 heavy (non-hydrogen) atoms. The summed E-state index contributed by atoms with van der Waals surface area (Å²) < 4.78 is 27.8. The third-order valence-corrected chi connectivity index (χ3v) is 3.77. The molecule has 2 aromatic rings. The zero-order chi connectivity index (χ0) is 14.8. The number of benzene rings is 1. The number of sulfonamides is 1. The van der Waals surface area contributed by atoms with Gasteiger partial charge in [0.1, 0.15) is 0 Å². The molecule has 0 saturated heterocycles. The molecule has 0 saturated carbocycles. The molecule has 2 rings (SSSR count). The van der Waals surface area contributed by atoms with Gasteiger partial charge >= 0.3 is 5.97 Å². The number of anilines is 1. The van der Waals surface area contributed by atoms with Crippen LogP contribution in [-0.2, 0) is 28.3 Å². The Balaban J connectivity index is 2.23. The number of hydrogen-bond acceptors (Lipinski definition) is 4. The van der Waals surface area contributed by atoms with Gasteiger partial charge in [0, 0.05) is 18.9 Å². The summed E-state index contributed by atoms with van der Waals surface area (Å²) in [5, 5.41) is 12.4. The highest BCUT2D eigenvalue weighted by molar-refractivity contribution is 7.92. The molecule has 0 radical (unpaired) electrons. The Morgan fingerprint density at radius 3 is 2.75 bits per heavy atom. The van der Waals surface area contributed by atoms with Crippen molar-refractivity contribution >= 4 is 21.7 Å². The van der Waals surface area contributed by atoms with Crippen LogP contribution in [0.25, 0.3) is 0 Å². The maximum atomic E-state index is 12.0. The molecule has 0 bridgehead atoms. The largest absolute Gasteiger partial charge is 0.481 e. The van der Waals surface area contributed by atoms with Gasteiger partial charge in [0.05, 0.1) is 6.42 Å². The van der Waals surface area contributed by atoms with Crippen molar-refractivity contribution in [3.05, 3.63) is 42.1 Å². The molecule has 1 aromatic carbocycles. The molecular formula is C12H13N3O4S. The van der Waals surface area contributed by atoms with E-state index in [1.165, 1.54) is 23.0 Å². The average Bonchev–Trinajstić information content (AvgIpc) is 2.75. The van der Waals surface area contributed by atoms with Gasteiger partial charge in [0.2, 0.25) is 0 Å². The third kappa shape index (κ3) is 3.35. The van der Waals surface area contributed by atoms with Gasteiger partial charge in [-0.25, -0.2) is 0 Å². The number of rotatable bonds is 5. The van der Waals surface area contributed by atoms with Crippen LogP contribution in [0, 0.1) is 0 Å². The van der Waals surface area contributed by atoms with E-state index in [1.54, 1.807) is 25.2 Å². The highest BCUT2D eigenvalue weighted by atomic mass is 32.2. The van der Waals surface area contributed by atoms with Crippen molar-refractivity contribution in [2.24, 2.45) is 7.05 Å². The smallest absolute Gasteiger partial charge is 0.307 e. The highest BCUT2D eigenvalue weighted by Crippen LogP contribution is 2.16. The predicted molar refractivity (Wildman–Crippen MR) is 71.8 cm³/mol. The molecule has 0 spiro atoms. The lowest BCUT2D eigenvalue weighted by molar-refractivity contribution is -0.136. The van der Waals surface area contributed by atoms with Crippen molar-refractivity contribution in [2.75, 3.05) is 4.72 Å². The molecule has 0 atom stereocenters. The zero-order valence-corrected chi connectivity index (χ0v) is 11.5. The fraction of sp³-hybridized carbons (Fsp3) is 0.167. The van der Waals surface area contributed by atoms with Crippen molar-refractivity contribution in [3.63, 3.8) is 0 Å². The summed E-state index contributed by atoms with van der Waals surface area (Å²) >= 11 is 0. The first-order chi connectivity index (χ1) is 9.37. The zero-order valence-electron chi connectivity index (χ0n) is 10.6. The Morgan fingerprint density at radius 2 is 2.15 bits per heavy atom. The fourth-order valence-electron chi connectivity index (χ4n) is 1.66. The monoisotopic (exact) mass is 295 g/mol. The Bertz CT molecular complexity index is 737. The third-order valence-electron chi connectivity index (χ3n) is 2.50. The van der Waals surface area contributed by atoms with Crippen LogP contribution in [0.3, 0.4) is 0 Å². The van der Waals surface area contributed by atoms with Crippen LogP contribution in [0.15, 0.2) is 41.6 Å². The number of aryl methyl sites for hydroxylation is 1. The van der Waals surface area contributed by atoms with Crippen LogP contribution in [0.2, 0.25) is 0 Å². The molecule has 1 heterocycles. The SMILES string of the molecule is Cn1ccc(S(=O)(=O)Nc2cccc(CC(=O)O)c2)n1. The van der Waals surface area contributed by atoms with E-state index >= 15 is 0 Å². The molecule has 0 amide bonds. The molecule has 0 fully saturated rings. The van der Waals surface area contributed by atoms with Gasteiger partial charge in [-0.05, 0) is 23.8 Å². The average molecular weight is 295 g/mol. The number of nitrogens with one attached hydrogen (secondary N) is 1. The van der Waals surface area contributed by atoms with Gasteiger partial charge in [-0.1, -0.05) is 12.1 Å². The number of carboxylic acid groups (broad SMARTS) is 1. The summed E-state index contributed by atoms with van der Waals surface area (Å²) in [4.78, 5) is 10.6. The van der Waals surface area contributed by atoms with E-state index in [-0.39, 0.29) is 11.4 Å². The van der Waals surface area contributed by atoms with Gasteiger partial charge in [-0.15, -0.1) is 0 Å². The molecule has 1 aromatic heterocycles. The minimum atomic E-state index is -3.77. The van der Waals surface area contributed by atoms with E-state index in [4.69, 9.17) is 5.11 Å². The maximum Gasteiger partial charge on any atom is 0.307 e. The summed E-state index contributed by atoms with van der Waals surface area (Å²) in [6.45, 7) is 0. The van der Waals surface area contributed by atoms with E-state index < -0.39 is 16.0 Å². The summed E-state index contributed by atoms with van der Waals surface area (Å²) in [5.74, 6) is -0.977. The van der Waals surface area contributed by atoms with Crippen LogP contribution in [-0.4, -0.2) is 29.3 Å². The molecule has 0 aliphatic rings. The van der Waals surface area contributed by atoms with Gasteiger partial charge in [0.25, 0.3) is 10.0 Å². The van der Waals surface area contributed by atoms with Crippen molar-refractivity contribution in [3.8, 4) is 0 Å². The van der Waals surface area contributed by atoms with Crippen LogP contribution >= 0.6 is 0 Å². The first-order valence-electron chi connectivity index (χ1n) is 5.70. The topological polar surface area (TPSA) is 101 Å². The molecule has 8 heteroatoms. The first kappa shape index (κ1) is 14.1. The number of hydrogen-bond donors (Lipinski definition) is 2. The minimum Gasteiger partial charge on any atom is -0.481 e. The maximum absolute atomic E-state index is 12.0. The van der Waals surface area contributed by atoms with E-state index in [0.29, 0.717) is 11.3 Å². The first-order valence-corrected chi connectivity index (χ1v) is 7.18. The summed E-state index contributed by atoms with van der Waals surface area (Å²) in [7, 11) is -2.15. The Kier molecular flexibility index (Phi) is 3.75. The number of carbonyl (C=O) groups is 1. The molecule has 2 N–H and O–H groups in total. The number of aliphatic carboxylic acids is 1. The second kappa shape index (κ2) is 5.33. The van der Waals surface area contributed by atoms with Gasteiger partial charge in [-0.2, -0.15) is 13.5 Å². The van der Waals surface area contributed by atoms with Gasteiger partial charge < -0.3 is 5.11 Å². The highest BCUT2D eigenvalue weighted by Gasteiger charge is 2.17. The number of carboxylic acids is 1. The molecular weight excluding hydrogens is 282 g/mol. The standard InChI is InChI=1S/C12H13N3O4S/c1-15-6-5-11(13-15)20(18,19)14-10-4-2-3-9(7-10)8-12(16)17/h2-7,14H,8H2,1H3,(H,16,17). The predicted octanol–water partition coefficient (Wildman–Crippen LogP) is 0.848. The van der Waals surface area contributed by atoms with Gasteiger partial charge in [-0.3, -0.25) is 14.2 Å². The molecule has 0 aliphatic carbocycles. The van der Waals surface area contributed by atoms with Crippen molar-refractivity contribution < 1.29 is 18.3 Å². The fourth-order valence-corrected chi connectivity index (χ4v) is 2.68. The minimum absolute atomic E-state index is 0.0939. The molecule has 0 aliphatic heterocycles. The van der Waals surface area contributed by atoms with Crippen molar-refractivity contribution in [1.29, 1.82) is 0 Å². The second-order valence-corrected chi connectivity index (χ2v) is 5.83. The second-order valence-electron chi connectivity index (χ2n) is 4.20. The van der Waals surface area contributed by atoms with Crippen molar-refractivity contribution in [2.45, 2.75) is 11.4 Å². The molecule has 106 valence electrons. The molecule has 7 nitrogen and oxygen atoms in total. The Hall–Kier alpha value is -2.35. The van der Waals surface area contributed by atoms with E-state index in [0.717, 1.165) is 0 Å². The Labute approximate surface area is 115 Å². The number of aromatic nitrogens is 2. The lowest BCUT2D eigenvalue weighted by Crippen LogP contribution is -2.14. The normalized spacial score (nSPS) is 11.2. The van der Waals surface area contributed by atoms with Crippen LogP contribution in [0.5, 0.6) is 0 Å². The summed E-state index contributed by atoms with van der Waals surface area (Å²) in [5.41, 5.74) is 0.813. The number of nitrogens with zero attached hydrogens (tertiary/aromatic N) is 2. The van der Waals surface area contributed by atoms with E-state index in [1.807, 2.05) is 0 Å². The lowest BCUT2D eigenvalue weighted by atomic mass is 10.1. The quantitative estimate of drug-likeness (QED) is 0.851. The van der Waals surface area contributed by atoms with Crippen LogP contribution < -0.4 is 4.72 Å². The van der Waals surface area contributed by atoms with Gasteiger partial charge in [0.15, 0.2) is 5.03 Å². The lowest BCUT2D eigenvalue weighted by Gasteiger charge is -2.07. The van der Waals surface area contributed by atoms with Crippen LogP contribution in [0.4, 0.5) is 5.69 Å². The van der Waals surface area contributed by atoms with Crippen molar-refractivity contribution in [1.82, 2.24) is 9.78 Å².